The van der Waals surface area contributed by atoms with Crippen molar-refractivity contribution in [2.45, 2.75) is 124 Å². The normalized spacial score (nSPS) is 13.6. The van der Waals surface area contributed by atoms with Crippen molar-refractivity contribution >= 4 is 44.6 Å². The summed E-state index contributed by atoms with van der Waals surface area (Å²) in [5, 5.41) is 2.23. The molecule has 348 valence electrons. The minimum absolute atomic E-state index is 0. The second-order valence-corrected chi connectivity index (χ2v) is 22.9. The minimum atomic E-state index is -0.367. The van der Waals surface area contributed by atoms with Gasteiger partial charge in [0, 0.05) is 61.3 Å². The molecule has 67 heavy (non-hydrogen) atoms. The van der Waals surface area contributed by atoms with Crippen molar-refractivity contribution in [1.82, 2.24) is 9.55 Å². The maximum atomic E-state index is 6.99. The molecule has 0 spiro atoms. The molecule has 0 radical (unpaired) electrons. The molecule has 0 bridgehead atoms. The summed E-state index contributed by atoms with van der Waals surface area (Å²) in [6, 6.07) is 53.7. The van der Waals surface area contributed by atoms with Crippen LogP contribution in [-0.4, -0.2) is 9.55 Å². The molecule has 2 aromatic heterocycles. The number of pyridine rings is 1. The smallest absolute Gasteiger partial charge is 0.135 e. The van der Waals surface area contributed by atoms with E-state index in [1.165, 1.54) is 27.8 Å². The molecule has 0 saturated heterocycles. The molecule has 5 nitrogen and oxygen atoms in total. The standard InChI is InChI=1S/C61H65N4O.Pt/c1-57(2,3)41-24-27-53-55(35-41)64(46-31-43(59(7,8)9)30-44(32-46)60(10,11)12)39-63(53)47-33-45(61(13,14)40-20-16-15-17-21-40)34-49(37-47)66-48-25-26-51-50-22-18-19-23-52(50)65(54(51)38-48)56-36-42(28-29-62-56)58(4,5)6;/h15-36,39H,1-14H3;/q-3;. The Labute approximate surface area is 414 Å². The van der Waals surface area contributed by atoms with E-state index in [4.69, 9.17) is 9.72 Å². The van der Waals surface area contributed by atoms with E-state index in [1.807, 2.05) is 12.3 Å². The van der Waals surface area contributed by atoms with Gasteiger partial charge in [-0.2, -0.15) is 6.07 Å². The van der Waals surface area contributed by atoms with Crippen LogP contribution in [0.15, 0.2) is 134 Å². The van der Waals surface area contributed by atoms with Gasteiger partial charge in [0.05, 0.1) is 0 Å². The van der Waals surface area contributed by atoms with Crippen molar-refractivity contribution in [3.8, 4) is 17.3 Å². The number of ether oxygens (including phenoxy) is 1. The van der Waals surface area contributed by atoms with E-state index in [9.17, 15) is 0 Å². The van der Waals surface area contributed by atoms with E-state index in [1.54, 1.807) is 0 Å². The number of benzene rings is 6. The second kappa shape index (κ2) is 17.1. The van der Waals surface area contributed by atoms with Gasteiger partial charge in [-0.15, -0.1) is 53.6 Å². The second-order valence-electron chi connectivity index (χ2n) is 22.9. The molecule has 0 fully saturated rings. The van der Waals surface area contributed by atoms with Gasteiger partial charge in [-0.3, -0.25) is 0 Å². The van der Waals surface area contributed by atoms with Crippen LogP contribution >= 0.6 is 0 Å². The number of aromatic nitrogens is 2. The van der Waals surface area contributed by atoms with Gasteiger partial charge >= 0.3 is 0 Å². The van der Waals surface area contributed by atoms with Gasteiger partial charge in [0.15, 0.2) is 0 Å². The van der Waals surface area contributed by atoms with Crippen LogP contribution in [0.3, 0.4) is 0 Å². The van der Waals surface area contributed by atoms with Crippen LogP contribution in [0.5, 0.6) is 11.5 Å². The Bertz CT molecular complexity index is 3080. The van der Waals surface area contributed by atoms with Gasteiger partial charge in [0.1, 0.15) is 5.82 Å². The van der Waals surface area contributed by atoms with E-state index >= 15 is 0 Å². The molecule has 0 saturated carbocycles. The third-order valence-electron chi connectivity index (χ3n) is 13.4. The maximum absolute atomic E-state index is 6.99. The van der Waals surface area contributed by atoms with Crippen molar-refractivity contribution in [3.05, 3.63) is 186 Å². The summed E-state index contributed by atoms with van der Waals surface area (Å²) in [6.45, 7) is 34.2. The quantitative estimate of drug-likeness (QED) is 0.149. The van der Waals surface area contributed by atoms with Gasteiger partial charge in [-0.25, -0.2) is 4.98 Å². The van der Waals surface area contributed by atoms with Crippen molar-refractivity contribution in [2.24, 2.45) is 0 Å². The first kappa shape index (κ1) is 47.8. The summed E-state index contributed by atoms with van der Waals surface area (Å²) < 4.78 is 9.21. The molecule has 0 atom stereocenters. The van der Waals surface area contributed by atoms with Gasteiger partial charge < -0.3 is 19.1 Å². The summed E-state index contributed by atoms with van der Waals surface area (Å²) in [5.41, 5.74) is 13.1. The third-order valence-corrected chi connectivity index (χ3v) is 13.4. The predicted molar refractivity (Wildman–Crippen MR) is 278 cm³/mol. The van der Waals surface area contributed by atoms with Crippen molar-refractivity contribution in [3.63, 3.8) is 0 Å². The first-order valence-electron chi connectivity index (χ1n) is 23.4. The Hall–Kier alpha value is -5.64. The van der Waals surface area contributed by atoms with Crippen molar-refractivity contribution in [2.75, 3.05) is 9.80 Å². The molecule has 6 aromatic carbocycles. The number of anilines is 4. The van der Waals surface area contributed by atoms with Gasteiger partial charge in [0.2, 0.25) is 0 Å². The van der Waals surface area contributed by atoms with Crippen LogP contribution in [-0.2, 0) is 48.1 Å². The zero-order valence-electron chi connectivity index (χ0n) is 41.8. The number of nitrogens with zero attached hydrogens (tertiary/aromatic N) is 4. The SMILES string of the molecule is CC(C)(C)c1cc(N2[CH-]N(c3[c-]c(Oc4[c-]c5c(cc4)c4ccccc4n5-c4cc(C(C)(C)C)ccn4)cc(C(C)(C)c4ccccc4)c3)c3ccc(C(C)(C)C)cc32)cc(C(C)(C)C)c1.[Pt]. The number of fused-ring (bicyclic) bond motifs is 4. The number of rotatable bonds is 7. The molecule has 1 aliphatic heterocycles. The largest absolute Gasteiger partial charge is 0.509 e. The predicted octanol–water partition coefficient (Wildman–Crippen LogP) is 16.5. The topological polar surface area (TPSA) is 33.5 Å². The molecular formula is C61H65N4OPt-3. The van der Waals surface area contributed by atoms with Crippen LogP contribution < -0.4 is 14.5 Å². The zero-order valence-corrected chi connectivity index (χ0v) is 44.1. The molecule has 3 heterocycles. The molecule has 1 aliphatic rings. The fraction of sp³-hybridized carbons (Fsp3) is 0.311. The van der Waals surface area contributed by atoms with Gasteiger partial charge in [0.25, 0.3) is 0 Å². The fourth-order valence-electron chi connectivity index (χ4n) is 9.03. The minimum Gasteiger partial charge on any atom is -0.509 e. The van der Waals surface area contributed by atoms with E-state index in [0.29, 0.717) is 11.5 Å². The zero-order chi connectivity index (χ0) is 47.1. The van der Waals surface area contributed by atoms with Crippen LogP contribution in [0.4, 0.5) is 22.7 Å². The summed E-state index contributed by atoms with van der Waals surface area (Å²) in [5.74, 6) is 2.07. The Morgan fingerprint density at radius 1 is 0.478 bits per heavy atom. The van der Waals surface area contributed by atoms with Crippen molar-refractivity contribution < 1.29 is 25.8 Å². The first-order chi connectivity index (χ1) is 31.0. The van der Waals surface area contributed by atoms with E-state index in [0.717, 1.165) is 55.9 Å². The Balaban J connectivity index is 0.00000608. The summed E-state index contributed by atoms with van der Waals surface area (Å²) in [4.78, 5) is 9.58. The number of hydrogen-bond donors (Lipinski definition) is 0. The molecule has 0 aliphatic carbocycles. The van der Waals surface area contributed by atoms with E-state index in [-0.39, 0.29) is 48.1 Å². The summed E-state index contributed by atoms with van der Waals surface area (Å²) in [6.07, 6.45) is 1.91. The van der Waals surface area contributed by atoms with Crippen LogP contribution in [0.25, 0.3) is 27.6 Å². The average Bonchev–Trinajstić information content (AvgIpc) is 3.81. The Morgan fingerprint density at radius 3 is 1.76 bits per heavy atom. The summed E-state index contributed by atoms with van der Waals surface area (Å²) in [7, 11) is 0. The molecule has 6 heteroatoms. The Kier molecular flexibility index (Phi) is 12.2. The molecular weight excluding hydrogens is 1000 g/mol. The molecule has 0 N–H and O–H groups in total. The third kappa shape index (κ3) is 9.21. The van der Waals surface area contributed by atoms with Crippen LogP contribution in [0.1, 0.15) is 130 Å². The maximum Gasteiger partial charge on any atom is 0.135 e. The average molecular weight is 1070 g/mol. The molecule has 8 aromatic rings. The number of para-hydroxylation sites is 1. The number of hydrogen-bond acceptors (Lipinski definition) is 4. The van der Waals surface area contributed by atoms with Crippen molar-refractivity contribution in [1.29, 1.82) is 0 Å². The first-order valence-corrected chi connectivity index (χ1v) is 23.4. The van der Waals surface area contributed by atoms with E-state index < -0.39 is 0 Å². The van der Waals surface area contributed by atoms with Gasteiger partial charge in [-0.1, -0.05) is 163 Å². The van der Waals surface area contributed by atoms with Crippen LogP contribution in [0.2, 0.25) is 0 Å². The summed E-state index contributed by atoms with van der Waals surface area (Å²) >= 11 is 0. The monoisotopic (exact) mass is 1060 g/mol. The fourth-order valence-corrected chi connectivity index (χ4v) is 9.03. The molecule has 0 unspecified atom stereocenters. The van der Waals surface area contributed by atoms with Gasteiger partial charge in [-0.05, 0) is 103 Å². The van der Waals surface area contributed by atoms with Crippen LogP contribution in [0, 0.1) is 18.8 Å². The Morgan fingerprint density at radius 2 is 1.10 bits per heavy atom. The molecule has 9 rings (SSSR count). The molecule has 0 amide bonds. The van der Waals surface area contributed by atoms with E-state index in [2.05, 4.69) is 251 Å².